The van der Waals surface area contributed by atoms with E-state index in [2.05, 4.69) is 15.9 Å². The second kappa shape index (κ2) is 6.69. The number of carbonyl (C=O) groups excluding carboxylic acids is 1. The zero-order valence-corrected chi connectivity index (χ0v) is 11.3. The molecule has 0 amide bonds. The highest BCUT2D eigenvalue weighted by atomic mass is 79.9. The van der Waals surface area contributed by atoms with Crippen molar-refractivity contribution in [2.24, 2.45) is 5.92 Å². The van der Waals surface area contributed by atoms with Gasteiger partial charge in [0.15, 0.2) is 0 Å². The third-order valence-electron chi connectivity index (χ3n) is 2.60. The van der Waals surface area contributed by atoms with Crippen LogP contribution in [-0.4, -0.2) is 12.4 Å². The first-order chi connectivity index (χ1) is 7.63. The van der Waals surface area contributed by atoms with Gasteiger partial charge in [0.1, 0.15) is 11.5 Å². The lowest BCUT2D eigenvalue weighted by molar-refractivity contribution is -0.121. The van der Waals surface area contributed by atoms with Crippen molar-refractivity contribution in [3.8, 4) is 5.75 Å². The van der Waals surface area contributed by atoms with Crippen molar-refractivity contribution in [3.63, 3.8) is 0 Å². The molecule has 88 valence electrons. The third kappa shape index (κ3) is 4.35. The number of ether oxygens (including phenoxy) is 1. The van der Waals surface area contributed by atoms with Gasteiger partial charge in [-0.15, -0.1) is 0 Å². The van der Waals surface area contributed by atoms with E-state index in [0.717, 1.165) is 23.1 Å². The highest BCUT2D eigenvalue weighted by Gasteiger charge is 2.11. The molecular formula is C13H17BrO2. The van der Waals surface area contributed by atoms with Crippen LogP contribution < -0.4 is 4.74 Å². The maximum absolute atomic E-state index is 11.2. The number of hydrogen-bond acceptors (Lipinski definition) is 2. The highest BCUT2D eigenvalue weighted by molar-refractivity contribution is 9.10. The van der Waals surface area contributed by atoms with Crippen LogP contribution >= 0.6 is 15.9 Å². The SMILES string of the molecule is CCC(CCOc1cccc(Br)c1)C(C)=O. The van der Waals surface area contributed by atoms with E-state index in [1.165, 1.54) is 0 Å². The Labute approximate surface area is 105 Å². The predicted octanol–water partition coefficient (Wildman–Crippen LogP) is 3.83. The van der Waals surface area contributed by atoms with Crippen molar-refractivity contribution in [1.29, 1.82) is 0 Å². The summed E-state index contributed by atoms with van der Waals surface area (Å²) in [5.74, 6) is 1.22. The summed E-state index contributed by atoms with van der Waals surface area (Å²) in [6, 6.07) is 7.73. The molecule has 16 heavy (non-hydrogen) atoms. The van der Waals surface area contributed by atoms with Crippen LogP contribution in [-0.2, 0) is 4.79 Å². The fraction of sp³-hybridized carbons (Fsp3) is 0.462. The molecule has 3 heteroatoms. The molecule has 0 fully saturated rings. The highest BCUT2D eigenvalue weighted by Crippen LogP contribution is 2.18. The Morgan fingerprint density at radius 2 is 2.25 bits per heavy atom. The van der Waals surface area contributed by atoms with Gasteiger partial charge in [0.2, 0.25) is 0 Å². The number of Topliss-reactive ketones (excluding diaryl/α,β-unsaturated/α-hetero) is 1. The summed E-state index contributed by atoms with van der Waals surface area (Å²) in [6.07, 6.45) is 1.68. The summed E-state index contributed by atoms with van der Waals surface area (Å²) < 4.78 is 6.59. The summed E-state index contributed by atoms with van der Waals surface area (Å²) in [4.78, 5) is 11.2. The van der Waals surface area contributed by atoms with E-state index in [4.69, 9.17) is 4.74 Å². The minimum absolute atomic E-state index is 0.132. The summed E-state index contributed by atoms with van der Waals surface area (Å²) >= 11 is 3.39. The number of carbonyl (C=O) groups is 1. The number of halogens is 1. The maximum atomic E-state index is 11.2. The molecule has 0 aromatic heterocycles. The van der Waals surface area contributed by atoms with Gasteiger partial charge < -0.3 is 4.74 Å². The van der Waals surface area contributed by atoms with Crippen LogP contribution in [0.5, 0.6) is 5.75 Å². The van der Waals surface area contributed by atoms with E-state index < -0.39 is 0 Å². The first-order valence-corrected chi connectivity index (χ1v) is 6.31. The van der Waals surface area contributed by atoms with Crippen LogP contribution in [0.3, 0.4) is 0 Å². The molecule has 1 aromatic carbocycles. The van der Waals surface area contributed by atoms with Crippen molar-refractivity contribution >= 4 is 21.7 Å². The van der Waals surface area contributed by atoms with Gasteiger partial charge in [-0.3, -0.25) is 4.79 Å². The van der Waals surface area contributed by atoms with Crippen molar-refractivity contribution in [1.82, 2.24) is 0 Å². The molecule has 1 rings (SSSR count). The van der Waals surface area contributed by atoms with E-state index in [1.807, 2.05) is 31.2 Å². The minimum atomic E-state index is 0.132. The Bertz CT molecular complexity index is 350. The van der Waals surface area contributed by atoms with Crippen LogP contribution in [0, 0.1) is 5.92 Å². The zero-order valence-electron chi connectivity index (χ0n) is 9.70. The molecule has 0 bridgehead atoms. The van der Waals surface area contributed by atoms with Gasteiger partial charge >= 0.3 is 0 Å². The van der Waals surface area contributed by atoms with Gasteiger partial charge in [0.25, 0.3) is 0 Å². The Morgan fingerprint density at radius 3 is 2.81 bits per heavy atom. The number of rotatable bonds is 6. The standard InChI is InChI=1S/C13H17BrO2/c1-3-11(10(2)15)7-8-16-13-6-4-5-12(14)9-13/h4-6,9,11H,3,7-8H2,1-2H3. The van der Waals surface area contributed by atoms with Crippen molar-refractivity contribution in [3.05, 3.63) is 28.7 Å². The van der Waals surface area contributed by atoms with E-state index >= 15 is 0 Å². The second-order valence-corrected chi connectivity index (χ2v) is 4.73. The van der Waals surface area contributed by atoms with Crippen molar-refractivity contribution < 1.29 is 9.53 Å². The minimum Gasteiger partial charge on any atom is -0.494 e. The van der Waals surface area contributed by atoms with Crippen LogP contribution in [0.15, 0.2) is 28.7 Å². The van der Waals surface area contributed by atoms with Crippen LogP contribution in [0.25, 0.3) is 0 Å². The fourth-order valence-electron chi connectivity index (χ4n) is 1.57. The summed E-state index contributed by atoms with van der Waals surface area (Å²) in [5.41, 5.74) is 0. The summed E-state index contributed by atoms with van der Waals surface area (Å²) in [6.45, 7) is 4.27. The van der Waals surface area contributed by atoms with Gasteiger partial charge in [-0.2, -0.15) is 0 Å². The van der Waals surface area contributed by atoms with Crippen LogP contribution in [0.2, 0.25) is 0 Å². The van der Waals surface area contributed by atoms with Gasteiger partial charge in [-0.1, -0.05) is 28.9 Å². The Balaban J connectivity index is 2.38. The Hall–Kier alpha value is -0.830. The third-order valence-corrected chi connectivity index (χ3v) is 3.09. The molecule has 0 aliphatic heterocycles. The summed E-state index contributed by atoms with van der Waals surface area (Å²) in [5, 5.41) is 0. The smallest absolute Gasteiger partial charge is 0.133 e. The van der Waals surface area contributed by atoms with Crippen LogP contribution in [0.1, 0.15) is 26.7 Å². The molecule has 1 unspecified atom stereocenters. The van der Waals surface area contributed by atoms with Crippen LogP contribution in [0.4, 0.5) is 0 Å². The fourth-order valence-corrected chi connectivity index (χ4v) is 1.95. The number of benzene rings is 1. The van der Waals surface area contributed by atoms with E-state index in [-0.39, 0.29) is 11.7 Å². The average Bonchev–Trinajstić information content (AvgIpc) is 2.24. The predicted molar refractivity (Wildman–Crippen MR) is 68.7 cm³/mol. The zero-order chi connectivity index (χ0) is 12.0. The molecule has 0 saturated carbocycles. The molecule has 0 saturated heterocycles. The Kier molecular flexibility index (Phi) is 5.53. The lowest BCUT2D eigenvalue weighted by Gasteiger charge is -2.12. The molecule has 1 atom stereocenters. The lowest BCUT2D eigenvalue weighted by Crippen LogP contribution is -2.13. The second-order valence-electron chi connectivity index (χ2n) is 3.81. The molecule has 0 heterocycles. The monoisotopic (exact) mass is 284 g/mol. The first kappa shape index (κ1) is 13.2. The topological polar surface area (TPSA) is 26.3 Å². The van der Waals surface area contributed by atoms with E-state index in [1.54, 1.807) is 6.92 Å². The largest absolute Gasteiger partial charge is 0.494 e. The molecule has 0 N–H and O–H groups in total. The lowest BCUT2D eigenvalue weighted by atomic mass is 9.99. The molecule has 2 nitrogen and oxygen atoms in total. The van der Waals surface area contributed by atoms with E-state index in [0.29, 0.717) is 6.61 Å². The quantitative estimate of drug-likeness (QED) is 0.794. The van der Waals surface area contributed by atoms with Gasteiger partial charge in [-0.05, 0) is 38.0 Å². The maximum Gasteiger partial charge on any atom is 0.133 e. The molecule has 0 aliphatic rings. The molecule has 0 radical (unpaired) electrons. The van der Waals surface area contributed by atoms with Gasteiger partial charge in [-0.25, -0.2) is 0 Å². The van der Waals surface area contributed by atoms with Gasteiger partial charge in [0.05, 0.1) is 6.61 Å². The molecule has 1 aromatic rings. The molecule has 0 spiro atoms. The number of hydrogen-bond donors (Lipinski definition) is 0. The molecule has 0 aliphatic carbocycles. The normalized spacial score (nSPS) is 12.2. The van der Waals surface area contributed by atoms with Crippen molar-refractivity contribution in [2.75, 3.05) is 6.61 Å². The van der Waals surface area contributed by atoms with Gasteiger partial charge in [0, 0.05) is 10.4 Å². The average molecular weight is 285 g/mol. The molecular weight excluding hydrogens is 268 g/mol. The summed E-state index contributed by atoms with van der Waals surface area (Å²) in [7, 11) is 0. The van der Waals surface area contributed by atoms with E-state index in [9.17, 15) is 4.79 Å². The Morgan fingerprint density at radius 1 is 1.50 bits per heavy atom. The number of ketones is 1. The van der Waals surface area contributed by atoms with Crippen molar-refractivity contribution in [2.45, 2.75) is 26.7 Å². The first-order valence-electron chi connectivity index (χ1n) is 5.52.